The van der Waals surface area contributed by atoms with Gasteiger partial charge in [0.1, 0.15) is 17.5 Å². The maximum Gasteiger partial charge on any atom is 0.133 e. The molecule has 1 rings (SSSR count). The Labute approximate surface area is 80.2 Å². The SMILES string of the molecule is C[C@@H](N)c1c(F)cc(F)cc1F.Cl. The Bertz CT molecular complexity index is 278. The van der Waals surface area contributed by atoms with Crippen molar-refractivity contribution in [2.75, 3.05) is 0 Å². The molecule has 0 saturated heterocycles. The molecule has 0 spiro atoms. The van der Waals surface area contributed by atoms with Gasteiger partial charge in [-0.2, -0.15) is 0 Å². The molecule has 1 atom stereocenters. The van der Waals surface area contributed by atoms with E-state index in [2.05, 4.69) is 0 Å². The van der Waals surface area contributed by atoms with Crippen molar-refractivity contribution in [3.63, 3.8) is 0 Å². The third kappa shape index (κ3) is 2.60. The predicted octanol–water partition coefficient (Wildman–Crippen LogP) is 2.55. The highest BCUT2D eigenvalue weighted by Crippen LogP contribution is 2.19. The van der Waals surface area contributed by atoms with E-state index in [1.807, 2.05) is 0 Å². The fraction of sp³-hybridized carbons (Fsp3) is 0.250. The Morgan fingerprint density at radius 1 is 1.15 bits per heavy atom. The summed E-state index contributed by atoms with van der Waals surface area (Å²) in [6.45, 7) is 1.43. The largest absolute Gasteiger partial charge is 0.324 e. The van der Waals surface area contributed by atoms with Crippen LogP contribution in [0.3, 0.4) is 0 Å². The van der Waals surface area contributed by atoms with Gasteiger partial charge >= 0.3 is 0 Å². The molecular formula is C8H9ClF3N. The minimum atomic E-state index is -0.942. The molecule has 1 aromatic carbocycles. The average molecular weight is 212 g/mol. The van der Waals surface area contributed by atoms with Gasteiger partial charge in [0.2, 0.25) is 0 Å². The normalized spacial score (nSPS) is 12.1. The van der Waals surface area contributed by atoms with Crippen LogP contribution >= 0.6 is 12.4 Å². The average Bonchev–Trinajstić information content (AvgIpc) is 1.82. The standard InChI is InChI=1S/C8H8F3N.ClH/c1-4(12)8-6(10)2-5(9)3-7(8)11;/h2-4H,12H2,1H3;1H/t4-;/m1./s1. The van der Waals surface area contributed by atoms with E-state index in [4.69, 9.17) is 5.73 Å². The number of hydrogen-bond acceptors (Lipinski definition) is 1. The molecule has 0 fully saturated rings. The first-order valence-corrected chi connectivity index (χ1v) is 3.42. The number of halogens is 4. The topological polar surface area (TPSA) is 26.0 Å². The van der Waals surface area contributed by atoms with Crippen LogP contribution in [0, 0.1) is 17.5 Å². The molecule has 74 valence electrons. The molecule has 1 nitrogen and oxygen atoms in total. The molecule has 0 heterocycles. The molecule has 0 aliphatic rings. The Kier molecular flexibility index (Phi) is 4.23. The van der Waals surface area contributed by atoms with Crippen LogP contribution in [0.15, 0.2) is 12.1 Å². The molecule has 2 N–H and O–H groups in total. The zero-order chi connectivity index (χ0) is 9.30. The molecule has 0 amide bonds. The molecule has 0 saturated carbocycles. The van der Waals surface area contributed by atoms with Crippen LogP contribution in [-0.4, -0.2) is 0 Å². The molecule has 0 aromatic heterocycles. The van der Waals surface area contributed by atoms with Crippen LogP contribution < -0.4 is 5.73 Å². The summed E-state index contributed by atoms with van der Waals surface area (Å²) in [5.74, 6) is -2.82. The van der Waals surface area contributed by atoms with Crippen molar-refractivity contribution in [1.82, 2.24) is 0 Å². The quantitative estimate of drug-likeness (QED) is 0.759. The lowest BCUT2D eigenvalue weighted by Gasteiger charge is -2.07. The van der Waals surface area contributed by atoms with Crippen molar-refractivity contribution in [2.24, 2.45) is 5.73 Å². The fourth-order valence-corrected chi connectivity index (χ4v) is 0.988. The van der Waals surface area contributed by atoms with Crippen molar-refractivity contribution < 1.29 is 13.2 Å². The highest BCUT2D eigenvalue weighted by molar-refractivity contribution is 5.85. The minimum Gasteiger partial charge on any atom is -0.324 e. The lowest BCUT2D eigenvalue weighted by Crippen LogP contribution is -2.10. The van der Waals surface area contributed by atoms with Gasteiger partial charge in [0.25, 0.3) is 0 Å². The van der Waals surface area contributed by atoms with Gasteiger partial charge in [0.05, 0.1) is 0 Å². The monoisotopic (exact) mass is 211 g/mol. The first kappa shape index (κ1) is 12.3. The van der Waals surface area contributed by atoms with Gasteiger partial charge in [0, 0.05) is 23.7 Å². The predicted molar refractivity (Wildman–Crippen MR) is 46.2 cm³/mol. The summed E-state index contributed by atoms with van der Waals surface area (Å²) in [7, 11) is 0. The van der Waals surface area contributed by atoms with E-state index < -0.39 is 23.5 Å². The van der Waals surface area contributed by atoms with Gasteiger partial charge in [-0.1, -0.05) is 0 Å². The third-order valence-electron chi connectivity index (χ3n) is 1.50. The fourth-order valence-electron chi connectivity index (χ4n) is 0.988. The van der Waals surface area contributed by atoms with Crippen LogP contribution in [0.2, 0.25) is 0 Å². The first-order valence-electron chi connectivity index (χ1n) is 3.42. The highest BCUT2D eigenvalue weighted by Gasteiger charge is 2.14. The zero-order valence-electron chi connectivity index (χ0n) is 6.85. The van der Waals surface area contributed by atoms with E-state index in [0.717, 1.165) is 0 Å². The van der Waals surface area contributed by atoms with Gasteiger partial charge in [-0.15, -0.1) is 12.4 Å². The summed E-state index contributed by atoms with van der Waals surface area (Å²) in [4.78, 5) is 0. The summed E-state index contributed by atoms with van der Waals surface area (Å²) >= 11 is 0. The van der Waals surface area contributed by atoms with Crippen molar-refractivity contribution in [1.29, 1.82) is 0 Å². The molecule has 0 unspecified atom stereocenters. The molecule has 0 aliphatic carbocycles. The van der Waals surface area contributed by atoms with Gasteiger partial charge in [-0.05, 0) is 6.92 Å². The second-order valence-corrected chi connectivity index (χ2v) is 2.57. The maximum atomic E-state index is 12.8. The summed E-state index contributed by atoms with van der Waals surface area (Å²) in [5.41, 5.74) is 4.98. The molecule has 0 bridgehead atoms. The van der Waals surface area contributed by atoms with Crippen molar-refractivity contribution in [3.8, 4) is 0 Å². The lowest BCUT2D eigenvalue weighted by molar-refractivity contribution is 0.510. The van der Waals surface area contributed by atoms with Crippen molar-refractivity contribution in [3.05, 3.63) is 35.1 Å². The number of nitrogens with two attached hydrogens (primary N) is 1. The highest BCUT2D eigenvalue weighted by atomic mass is 35.5. The first-order chi connectivity index (χ1) is 5.52. The smallest absolute Gasteiger partial charge is 0.133 e. The Hall–Kier alpha value is -0.740. The Balaban J connectivity index is 0.00000144. The van der Waals surface area contributed by atoms with Crippen LogP contribution in [0.1, 0.15) is 18.5 Å². The molecule has 13 heavy (non-hydrogen) atoms. The van der Waals surface area contributed by atoms with Crippen LogP contribution in [-0.2, 0) is 0 Å². The zero-order valence-corrected chi connectivity index (χ0v) is 7.67. The van der Waals surface area contributed by atoms with Crippen LogP contribution in [0.5, 0.6) is 0 Å². The number of hydrogen-bond donors (Lipinski definition) is 1. The molecule has 5 heteroatoms. The van der Waals surface area contributed by atoms with E-state index in [-0.39, 0.29) is 18.0 Å². The van der Waals surface area contributed by atoms with Crippen molar-refractivity contribution >= 4 is 12.4 Å². The lowest BCUT2D eigenvalue weighted by atomic mass is 10.1. The second-order valence-electron chi connectivity index (χ2n) is 2.57. The van der Waals surface area contributed by atoms with Gasteiger partial charge in [-0.25, -0.2) is 13.2 Å². The van der Waals surface area contributed by atoms with E-state index in [0.29, 0.717) is 12.1 Å². The Morgan fingerprint density at radius 2 is 1.54 bits per heavy atom. The van der Waals surface area contributed by atoms with E-state index in [1.54, 1.807) is 0 Å². The van der Waals surface area contributed by atoms with E-state index >= 15 is 0 Å². The molecule has 0 radical (unpaired) electrons. The van der Waals surface area contributed by atoms with E-state index in [9.17, 15) is 13.2 Å². The summed E-state index contributed by atoms with van der Waals surface area (Å²) in [6.07, 6.45) is 0. The molecule has 1 aromatic rings. The summed E-state index contributed by atoms with van der Waals surface area (Å²) < 4.78 is 38.0. The molecular weight excluding hydrogens is 203 g/mol. The van der Waals surface area contributed by atoms with E-state index in [1.165, 1.54) is 6.92 Å². The Morgan fingerprint density at radius 3 is 1.85 bits per heavy atom. The maximum absolute atomic E-state index is 12.8. The van der Waals surface area contributed by atoms with Gasteiger partial charge < -0.3 is 5.73 Å². The molecule has 0 aliphatic heterocycles. The number of benzene rings is 1. The van der Waals surface area contributed by atoms with Gasteiger partial charge in [0.15, 0.2) is 0 Å². The summed E-state index contributed by atoms with van der Waals surface area (Å²) in [6, 6.07) is 0.453. The minimum absolute atomic E-state index is 0. The third-order valence-corrected chi connectivity index (χ3v) is 1.50. The van der Waals surface area contributed by atoms with Crippen molar-refractivity contribution in [2.45, 2.75) is 13.0 Å². The van der Waals surface area contributed by atoms with Crippen LogP contribution in [0.25, 0.3) is 0 Å². The van der Waals surface area contributed by atoms with Crippen LogP contribution in [0.4, 0.5) is 13.2 Å². The van der Waals surface area contributed by atoms with Gasteiger partial charge in [-0.3, -0.25) is 0 Å². The summed E-state index contributed by atoms with van der Waals surface area (Å²) in [5, 5.41) is 0. The number of rotatable bonds is 1. The second kappa shape index (κ2) is 4.48.